The van der Waals surface area contributed by atoms with Crippen molar-refractivity contribution in [3.8, 4) is 5.75 Å². The van der Waals surface area contributed by atoms with Gasteiger partial charge in [0.1, 0.15) is 5.75 Å². The van der Waals surface area contributed by atoms with Gasteiger partial charge in [0.15, 0.2) is 0 Å². The standard InChI is InChI=1S/C16H24ClN3O2/c1-22-15-8-13(19)12(17)7-11(15)16(21)20-14(9-18)10-5-3-2-4-6-10/h7-8,10,14H,2-6,9,18-19H2,1H3,(H,20,21). The van der Waals surface area contributed by atoms with E-state index in [1.54, 1.807) is 12.1 Å². The van der Waals surface area contributed by atoms with Gasteiger partial charge in [-0.1, -0.05) is 30.9 Å². The lowest BCUT2D eigenvalue weighted by Crippen LogP contribution is -2.46. The first kappa shape index (κ1) is 16.9. The zero-order valence-electron chi connectivity index (χ0n) is 12.9. The Kier molecular flexibility index (Phi) is 5.91. The van der Waals surface area contributed by atoms with Gasteiger partial charge < -0.3 is 21.5 Å². The zero-order valence-corrected chi connectivity index (χ0v) is 13.7. The number of nitrogens with one attached hydrogen (secondary N) is 1. The Morgan fingerprint density at radius 1 is 1.41 bits per heavy atom. The molecular weight excluding hydrogens is 302 g/mol. The normalized spacial score (nSPS) is 17.0. The summed E-state index contributed by atoms with van der Waals surface area (Å²) in [4.78, 5) is 12.6. The number of hydrogen-bond donors (Lipinski definition) is 3. The van der Waals surface area contributed by atoms with Crippen molar-refractivity contribution in [1.29, 1.82) is 0 Å². The van der Waals surface area contributed by atoms with Crippen molar-refractivity contribution in [2.75, 3.05) is 19.4 Å². The third kappa shape index (κ3) is 3.84. The molecule has 0 bridgehead atoms. The average molecular weight is 326 g/mol. The van der Waals surface area contributed by atoms with Crippen LogP contribution in [0, 0.1) is 5.92 Å². The van der Waals surface area contributed by atoms with Crippen molar-refractivity contribution >= 4 is 23.2 Å². The first-order chi connectivity index (χ1) is 10.6. The zero-order chi connectivity index (χ0) is 16.1. The topological polar surface area (TPSA) is 90.4 Å². The Balaban J connectivity index is 2.14. The fourth-order valence-corrected chi connectivity index (χ4v) is 3.23. The van der Waals surface area contributed by atoms with Crippen LogP contribution < -0.4 is 21.5 Å². The van der Waals surface area contributed by atoms with E-state index in [2.05, 4.69) is 5.32 Å². The Bertz CT molecular complexity index is 530. The summed E-state index contributed by atoms with van der Waals surface area (Å²) in [6, 6.07) is 3.09. The first-order valence-electron chi connectivity index (χ1n) is 7.70. The molecule has 1 aromatic carbocycles. The number of ether oxygens (including phenoxy) is 1. The van der Waals surface area contributed by atoms with Crippen LogP contribution in [-0.2, 0) is 0 Å². The summed E-state index contributed by atoms with van der Waals surface area (Å²) in [7, 11) is 1.50. The number of carbonyl (C=O) groups excluding carboxylic acids is 1. The second kappa shape index (κ2) is 7.70. The fourth-order valence-electron chi connectivity index (χ4n) is 3.07. The lowest BCUT2D eigenvalue weighted by Gasteiger charge is -2.30. The Morgan fingerprint density at radius 3 is 2.68 bits per heavy atom. The quantitative estimate of drug-likeness (QED) is 0.726. The molecule has 1 unspecified atom stereocenters. The number of amides is 1. The third-order valence-electron chi connectivity index (χ3n) is 4.35. The van der Waals surface area contributed by atoms with Crippen LogP contribution in [0.3, 0.4) is 0 Å². The Hall–Kier alpha value is -1.46. The van der Waals surface area contributed by atoms with Gasteiger partial charge >= 0.3 is 0 Å². The number of carbonyl (C=O) groups is 1. The van der Waals surface area contributed by atoms with E-state index in [0.717, 1.165) is 12.8 Å². The molecule has 1 aromatic rings. The molecule has 1 amide bonds. The molecule has 1 fully saturated rings. The molecule has 22 heavy (non-hydrogen) atoms. The first-order valence-corrected chi connectivity index (χ1v) is 8.08. The molecular formula is C16H24ClN3O2. The van der Waals surface area contributed by atoms with Crippen LogP contribution in [0.2, 0.25) is 5.02 Å². The molecule has 0 aliphatic heterocycles. The SMILES string of the molecule is COc1cc(N)c(Cl)cc1C(=O)NC(CN)C1CCCCC1. The fraction of sp³-hybridized carbons (Fsp3) is 0.562. The molecule has 1 aliphatic rings. The van der Waals surface area contributed by atoms with E-state index in [1.807, 2.05) is 0 Å². The van der Waals surface area contributed by atoms with Crippen molar-refractivity contribution in [1.82, 2.24) is 5.32 Å². The molecule has 0 saturated heterocycles. The van der Waals surface area contributed by atoms with Gasteiger partial charge in [0.25, 0.3) is 5.91 Å². The largest absolute Gasteiger partial charge is 0.496 e. The predicted molar refractivity (Wildman–Crippen MR) is 89.3 cm³/mol. The maximum atomic E-state index is 12.6. The Labute approximate surface area is 136 Å². The van der Waals surface area contributed by atoms with Crippen molar-refractivity contribution in [3.05, 3.63) is 22.7 Å². The monoisotopic (exact) mass is 325 g/mol. The van der Waals surface area contributed by atoms with Gasteiger partial charge in [0.2, 0.25) is 0 Å². The molecule has 5 nitrogen and oxygen atoms in total. The van der Waals surface area contributed by atoms with Crippen molar-refractivity contribution in [3.63, 3.8) is 0 Å². The molecule has 0 radical (unpaired) electrons. The van der Waals surface area contributed by atoms with Crippen LogP contribution in [-0.4, -0.2) is 25.6 Å². The highest BCUT2D eigenvalue weighted by Crippen LogP contribution is 2.30. The Morgan fingerprint density at radius 2 is 2.09 bits per heavy atom. The molecule has 1 atom stereocenters. The molecule has 0 aromatic heterocycles. The van der Waals surface area contributed by atoms with E-state index in [4.69, 9.17) is 27.8 Å². The maximum absolute atomic E-state index is 12.6. The summed E-state index contributed by atoms with van der Waals surface area (Å²) in [5.74, 6) is 0.636. The highest BCUT2D eigenvalue weighted by atomic mass is 35.5. The van der Waals surface area contributed by atoms with Crippen LogP contribution >= 0.6 is 11.6 Å². The molecule has 1 saturated carbocycles. The number of nitrogens with two attached hydrogens (primary N) is 2. The minimum Gasteiger partial charge on any atom is -0.496 e. The maximum Gasteiger partial charge on any atom is 0.255 e. The lowest BCUT2D eigenvalue weighted by atomic mass is 9.84. The smallest absolute Gasteiger partial charge is 0.255 e. The van der Waals surface area contributed by atoms with Gasteiger partial charge in [-0.2, -0.15) is 0 Å². The number of hydrogen-bond acceptors (Lipinski definition) is 4. The molecule has 5 N–H and O–H groups in total. The number of nitrogen functional groups attached to an aromatic ring is 1. The lowest BCUT2D eigenvalue weighted by molar-refractivity contribution is 0.0912. The van der Waals surface area contributed by atoms with Crippen molar-refractivity contribution in [2.24, 2.45) is 11.7 Å². The van der Waals surface area contributed by atoms with Gasteiger partial charge in [-0.05, 0) is 24.8 Å². The summed E-state index contributed by atoms with van der Waals surface area (Å²) < 4.78 is 5.23. The highest BCUT2D eigenvalue weighted by molar-refractivity contribution is 6.33. The minimum absolute atomic E-state index is 0.0196. The second-order valence-electron chi connectivity index (χ2n) is 5.79. The molecule has 0 heterocycles. The third-order valence-corrected chi connectivity index (χ3v) is 4.68. The van der Waals surface area contributed by atoms with Crippen LogP contribution in [0.5, 0.6) is 5.75 Å². The average Bonchev–Trinajstić information content (AvgIpc) is 2.55. The molecule has 122 valence electrons. The second-order valence-corrected chi connectivity index (χ2v) is 6.19. The van der Waals surface area contributed by atoms with E-state index in [-0.39, 0.29) is 11.9 Å². The highest BCUT2D eigenvalue weighted by Gasteiger charge is 2.25. The van der Waals surface area contributed by atoms with Gasteiger partial charge in [0.05, 0.1) is 23.4 Å². The molecule has 1 aliphatic carbocycles. The van der Waals surface area contributed by atoms with Gasteiger partial charge in [-0.25, -0.2) is 0 Å². The van der Waals surface area contributed by atoms with E-state index >= 15 is 0 Å². The number of benzene rings is 1. The minimum atomic E-state index is -0.222. The number of methoxy groups -OCH3 is 1. The number of halogens is 1. The summed E-state index contributed by atoms with van der Waals surface area (Å²) in [5.41, 5.74) is 12.4. The summed E-state index contributed by atoms with van der Waals surface area (Å²) in [5, 5.41) is 3.37. The van der Waals surface area contributed by atoms with Crippen LogP contribution in [0.1, 0.15) is 42.5 Å². The summed E-state index contributed by atoms with van der Waals surface area (Å²) >= 11 is 6.02. The van der Waals surface area contributed by atoms with E-state index < -0.39 is 0 Å². The van der Waals surface area contributed by atoms with Crippen molar-refractivity contribution in [2.45, 2.75) is 38.1 Å². The number of anilines is 1. The molecule has 6 heteroatoms. The van der Waals surface area contributed by atoms with Crippen LogP contribution in [0.25, 0.3) is 0 Å². The van der Waals surface area contributed by atoms with Crippen LogP contribution in [0.15, 0.2) is 12.1 Å². The van der Waals surface area contributed by atoms with Gasteiger partial charge in [-0.15, -0.1) is 0 Å². The summed E-state index contributed by atoms with van der Waals surface area (Å²) in [6.07, 6.45) is 5.90. The van der Waals surface area contributed by atoms with E-state index in [1.165, 1.54) is 26.4 Å². The van der Waals surface area contributed by atoms with Gasteiger partial charge in [-0.3, -0.25) is 4.79 Å². The molecule has 0 spiro atoms. The van der Waals surface area contributed by atoms with Crippen LogP contribution in [0.4, 0.5) is 5.69 Å². The van der Waals surface area contributed by atoms with E-state index in [0.29, 0.717) is 34.5 Å². The van der Waals surface area contributed by atoms with E-state index in [9.17, 15) is 4.79 Å². The number of rotatable bonds is 5. The molecule has 2 rings (SSSR count). The summed E-state index contributed by atoms with van der Waals surface area (Å²) in [6.45, 7) is 0.432. The van der Waals surface area contributed by atoms with Gasteiger partial charge in [0, 0.05) is 18.7 Å². The van der Waals surface area contributed by atoms with Crippen molar-refractivity contribution < 1.29 is 9.53 Å². The predicted octanol–water partition coefficient (Wildman–Crippen LogP) is 2.57.